The lowest BCUT2D eigenvalue weighted by molar-refractivity contribution is -0.138. The van der Waals surface area contributed by atoms with E-state index in [9.17, 15) is 9.59 Å². The quantitative estimate of drug-likeness (QED) is 0.447. The highest BCUT2D eigenvalue weighted by Crippen LogP contribution is 2.38. The number of nitrogens with zero attached hydrogens (tertiary/aromatic N) is 2. The number of rotatable bonds is 8. The van der Waals surface area contributed by atoms with E-state index < -0.39 is 5.41 Å². The SMILES string of the molecule is CN=C(NCC(=O)NCc1ccc(OC)cc1)NCC1(C(=O)N(C)C)CCCC1. The van der Waals surface area contributed by atoms with Crippen LogP contribution in [0.4, 0.5) is 0 Å². The molecule has 0 unspecified atom stereocenters. The minimum Gasteiger partial charge on any atom is -0.497 e. The van der Waals surface area contributed by atoms with Crippen LogP contribution in [0.3, 0.4) is 0 Å². The van der Waals surface area contributed by atoms with Gasteiger partial charge in [0.1, 0.15) is 5.75 Å². The largest absolute Gasteiger partial charge is 0.497 e. The maximum absolute atomic E-state index is 12.6. The summed E-state index contributed by atoms with van der Waals surface area (Å²) in [6, 6.07) is 7.55. The van der Waals surface area contributed by atoms with Gasteiger partial charge in [-0.25, -0.2) is 0 Å². The van der Waals surface area contributed by atoms with Gasteiger partial charge >= 0.3 is 0 Å². The molecule has 0 saturated heterocycles. The summed E-state index contributed by atoms with van der Waals surface area (Å²) < 4.78 is 5.13. The van der Waals surface area contributed by atoms with E-state index in [1.807, 2.05) is 24.3 Å². The molecule has 0 aliphatic heterocycles. The van der Waals surface area contributed by atoms with Crippen molar-refractivity contribution < 1.29 is 14.3 Å². The predicted molar refractivity (Wildman–Crippen MR) is 114 cm³/mol. The van der Waals surface area contributed by atoms with E-state index in [0.29, 0.717) is 19.0 Å². The van der Waals surface area contributed by atoms with Crippen molar-refractivity contribution in [3.05, 3.63) is 29.8 Å². The highest BCUT2D eigenvalue weighted by molar-refractivity contribution is 5.87. The molecule has 1 aliphatic rings. The van der Waals surface area contributed by atoms with E-state index in [0.717, 1.165) is 37.0 Å². The Morgan fingerprint density at radius 1 is 1.10 bits per heavy atom. The zero-order valence-corrected chi connectivity index (χ0v) is 17.9. The molecule has 0 aromatic heterocycles. The number of aliphatic imine (C=N–C) groups is 1. The molecule has 0 heterocycles. The molecule has 8 heteroatoms. The summed E-state index contributed by atoms with van der Waals surface area (Å²) >= 11 is 0. The number of methoxy groups -OCH3 is 1. The number of hydrogen-bond acceptors (Lipinski definition) is 4. The van der Waals surface area contributed by atoms with Gasteiger partial charge in [0.25, 0.3) is 0 Å². The molecule has 1 fully saturated rings. The van der Waals surface area contributed by atoms with Gasteiger partial charge in [-0.3, -0.25) is 14.6 Å². The van der Waals surface area contributed by atoms with Crippen molar-refractivity contribution in [3.63, 3.8) is 0 Å². The zero-order chi connectivity index (χ0) is 21.3. The van der Waals surface area contributed by atoms with E-state index in [-0.39, 0.29) is 18.4 Å². The summed E-state index contributed by atoms with van der Waals surface area (Å²) in [5.74, 6) is 1.31. The smallest absolute Gasteiger partial charge is 0.239 e. The molecule has 0 bridgehead atoms. The molecule has 1 aliphatic carbocycles. The fraction of sp³-hybridized carbons (Fsp3) is 0.571. The van der Waals surface area contributed by atoms with Crippen molar-refractivity contribution in [2.75, 3.05) is 41.3 Å². The Labute approximate surface area is 173 Å². The molecule has 1 aromatic rings. The topological polar surface area (TPSA) is 95.1 Å². The second-order valence-electron chi connectivity index (χ2n) is 7.59. The third kappa shape index (κ3) is 6.37. The third-order valence-corrected chi connectivity index (χ3v) is 5.30. The summed E-state index contributed by atoms with van der Waals surface area (Å²) in [6.45, 7) is 1.05. The molecule has 160 valence electrons. The van der Waals surface area contributed by atoms with Gasteiger partial charge in [0.2, 0.25) is 11.8 Å². The summed E-state index contributed by atoms with van der Waals surface area (Å²) in [4.78, 5) is 30.6. The molecule has 0 radical (unpaired) electrons. The molecule has 0 atom stereocenters. The van der Waals surface area contributed by atoms with E-state index in [4.69, 9.17) is 4.74 Å². The summed E-state index contributed by atoms with van der Waals surface area (Å²) in [5.41, 5.74) is 0.601. The van der Waals surface area contributed by atoms with E-state index >= 15 is 0 Å². The van der Waals surface area contributed by atoms with Crippen LogP contribution in [0.5, 0.6) is 5.75 Å². The minimum atomic E-state index is -0.391. The number of guanidine groups is 1. The van der Waals surface area contributed by atoms with Crippen LogP contribution >= 0.6 is 0 Å². The van der Waals surface area contributed by atoms with Crippen LogP contribution in [0.25, 0.3) is 0 Å². The standard InChI is InChI=1S/C21H33N5O3/c1-22-20(25-15-21(11-5-6-12-21)19(28)26(2)3)24-14-18(27)23-13-16-7-9-17(29-4)10-8-16/h7-10H,5-6,11-15H2,1-4H3,(H,23,27)(H2,22,24,25). The van der Waals surface area contributed by atoms with Gasteiger partial charge in [-0.05, 0) is 30.5 Å². The lowest BCUT2D eigenvalue weighted by Gasteiger charge is -2.31. The van der Waals surface area contributed by atoms with Crippen molar-refractivity contribution >= 4 is 17.8 Å². The molecule has 2 rings (SSSR count). The van der Waals surface area contributed by atoms with Crippen LogP contribution in [0.2, 0.25) is 0 Å². The Morgan fingerprint density at radius 2 is 1.76 bits per heavy atom. The van der Waals surface area contributed by atoms with Gasteiger partial charge in [-0.15, -0.1) is 0 Å². The van der Waals surface area contributed by atoms with Crippen molar-refractivity contribution in [3.8, 4) is 5.75 Å². The van der Waals surface area contributed by atoms with Crippen LogP contribution in [0.15, 0.2) is 29.3 Å². The Morgan fingerprint density at radius 3 is 2.31 bits per heavy atom. The first kappa shape index (κ1) is 22.5. The van der Waals surface area contributed by atoms with Crippen molar-refractivity contribution in [2.24, 2.45) is 10.4 Å². The van der Waals surface area contributed by atoms with Crippen molar-refractivity contribution in [1.82, 2.24) is 20.9 Å². The Bertz CT molecular complexity index is 710. The second-order valence-corrected chi connectivity index (χ2v) is 7.59. The number of carbonyl (C=O) groups is 2. The number of carbonyl (C=O) groups excluding carboxylic acids is 2. The highest BCUT2D eigenvalue weighted by Gasteiger charge is 2.42. The average Bonchev–Trinajstić information content (AvgIpc) is 3.22. The third-order valence-electron chi connectivity index (χ3n) is 5.30. The van der Waals surface area contributed by atoms with Crippen LogP contribution in [0.1, 0.15) is 31.2 Å². The van der Waals surface area contributed by atoms with Gasteiger partial charge in [-0.2, -0.15) is 0 Å². The second kappa shape index (κ2) is 10.7. The maximum atomic E-state index is 12.6. The van der Waals surface area contributed by atoms with Crippen LogP contribution in [-0.4, -0.2) is 64.0 Å². The van der Waals surface area contributed by atoms with Crippen molar-refractivity contribution in [1.29, 1.82) is 0 Å². The molecular weight excluding hydrogens is 370 g/mol. The van der Waals surface area contributed by atoms with E-state index in [1.54, 1.807) is 33.2 Å². The van der Waals surface area contributed by atoms with E-state index in [1.165, 1.54) is 0 Å². The Hall–Kier alpha value is -2.77. The fourth-order valence-electron chi connectivity index (χ4n) is 3.64. The van der Waals surface area contributed by atoms with Gasteiger partial charge in [0, 0.05) is 34.2 Å². The minimum absolute atomic E-state index is 0.102. The molecule has 1 saturated carbocycles. The first-order chi connectivity index (χ1) is 13.9. The molecule has 29 heavy (non-hydrogen) atoms. The number of benzene rings is 1. The monoisotopic (exact) mass is 403 g/mol. The summed E-state index contributed by atoms with van der Waals surface area (Å²) in [6.07, 6.45) is 3.86. The molecule has 0 spiro atoms. The van der Waals surface area contributed by atoms with Crippen LogP contribution in [-0.2, 0) is 16.1 Å². The Kier molecular flexibility index (Phi) is 8.30. The fourth-order valence-corrected chi connectivity index (χ4v) is 3.64. The number of amides is 2. The van der Waals surface area contributed by atoms with Crippen molar-refractivity contribution in [2.45, 2.75) is 32.2 Å². The summed E-state index contributed by atoms with van der Waals surface area (Å²) in [5, 5.41) is 9.11. The van der Waals surface area contributed by atoms with Crippen LogP contribution < -0.4 is 20.7 Å². The molecule has 8 nitrogen and oxygen atoms in total. The van der Waals surface area contributed by atoms with Gasteiger partial charge in [0.05, 0.1) is 19.1 Å². The number of hydrogen-bond donors (Lipinski definition) is 3. The molecular formula is C21H33N5O3. The average molecular weight is 404 g/mol. The number of ether oxygens (including phenoxy) is 1. The maximum Gasteiger partial charge on any atom is 0.239 e. The van der Waals surface area contributed by atoms with Crippen LogP contribution in [0, 0.1) is 5.41 Å². The normalized spacial score (nSPS) is 15.5. The van der Waals surface area contributed by atoms with Gasteiger partial charge in [-0.1, -0.05) is 25.0 Å². The van der Waals surface area contributed by atoms with Gasteiger partial charge < -0.3 is 25.6 Å². The predicted octanol–water partition coefficient (Wildman–Crippen LogP) is 1.13. The molecule has 1 aromatic carbocycles. The molecule has 2 amide bonds. The number of nitrogens with one attached hydrogen (secondary N) is 3. The summed E-state index contributed by atoms with van der Waals surface area (Å²) in [7, 11) is 6.86. The lowest BCUT2D eigenvalue weighted by atomic mass is 9.84. The van der Waals surface area contributed by atoms with E-state index in [2.05, 4.69) is 20.9 Å². The Balaban J connectivity index is 1.78. The van der Waals surface area contributed by atoms with Gasteiger partial charge in [0.15, 0.2) is 5.96 Å². The highest BCUT2D eigenvalue weighted by atomic mass is 16.5. The lowest BCUT2D eigenvalue weighted by Crippen LogP contribution is -2.50. The molecule has 3 N–H and O–H groups in total. The first-order valence-electron chi connectivity index (χ1n) is 9.96. The zero-order valence-electron chi connectivity index (χ0n) is 17.9. The first-order valence-corrected chi connectivity index (χ1v) is 9.96.